The molecule has 2 aliphatic heterocycles. The summed E-state index contributed by atoms with van der Waals surface area (Å²) in [5.41, 5.74) is 3.62. The van der Waals surface area contributed by atoms with Gasteiger partial charge in [0.2, 0.25) is 5.91 Å². The second-order valence-electron chi connectivity index (χ2n) is 7.88. The maximum atomic E-state index is 13.2. The Labute approximate surface area is 188 Å². The number of rotatable bonds is 6. The molecule has 1 atom stereocenters. The summed E-state index contributed by atoms with van der Waals surface area (Å²) in [4.78, 5) is 29.3. The van der Waals surface area contributed by atoms with Crippen LogP contribution in [-0.2, 0) is 11.2 Å². The van der Waals surface area contributed by atoms with Gasteiger partial charge in [0.1, 0.15) is 0 Å². The Bertz CT molecular complexity index is 1080. The fourth-order valence-electron chi connectivity index (χ4n) is 4.36. The Balaban J connectivity index is 1.53. The van der Waals surface area contributed by atoms with Gasteiger partial charge in [0, 0.05) is 43.0 Å². The summed E-state index contributed by atoms with van der Waals surface area (Å²) in [5.74, 6) is 3.77. The van der Waals surface area contributed by atoms with Crippen molar-refractivity contribution in [1.82, 2.24) is 5.32 Å². The van der Waals surface area contributed by atoms with E-state index in [0.29, 0.717) is 43.0 Å². The molecule has 1 saturated heterocycles. The van der Waals surface area contributed by atoms with Crippen molar-refractivity contribution in [3.63, 3.8) is 0 Å². The van der Waals surface area contributed by atoms with Crippen molar-refractivity contribution in [3.8, 4) is 23.8 Å². The summed E-state index contributed by atoms with van der Waals surface area (Å²) in [6, 6.07) is 11.0. The molecule has 1 amide bonds. The number of methoxy groups -OCH3 is 2. The fraction of sp³-hybridized carbons (Fsp3) is 0.360. The number of amides is 1. The zero-order valence-electron chi connectivity index (χ0n) is 18.4. The largest absolute Gasteiger partial charge is 0.493 e. The molecule has 0 bridgehead atoms. The van der Waals surface area contributed by atoms with Crippen molar-refractivity contribution in [2.75, 3.05) is 50.2 Å². The molecule has 2 aromatic rings. The van der Waals surface area contributed by atoms with Gasteiger partial charge in [0.25, 0.3) is 0 Å². The molecule has 1 N–H and O–H groups in total. The molecule has 7 nitrogen and oxygen atoms in total. The van der Waals surface area contributed by atoms with E-state index in [4.69, 9.17) is 15.9 Å². The minimum Gasteiger partial charge on any atom is -0.493 e. The summed E-state index contributed by atoms with van der Waals surface area (Å²) in [6.07, 6.45) is 6.60. The number of piperazine rings is 1. The van der Waals surface area contributed by atoms with Gasteiger partial charge in [0.15, 0.2) is 17.3 Å². The van der Waals surface area contributed by atoms with Gasteiger partial charge in [0.05, 0.1) is 26.8 Å². The molecule has 0 aliphatic carbocycles. The first-order chi connectivity index (χ1) is 15.5. The number of Topliss-reactive ketones (excluding diaryl/α,β-unsaturated/α-hetero) is 1. The standard InChI is InChI=1S/C25H27N3O4/c1-4-12-28-21-8-7-19(14-17(21)6-10-24(28)29)27-13-11-26-20(16-27)25(30)18-5-9-22(31-2)23(15-18)32-3/h1,5,7-9,14-15,20,26H,6,10-13,16H2,2-3H3. The average molecular weight is 434 g/mol. The molecule has 2 aromatic carbocycles. The van der Waals surface area contributed by atoms with E-state index in [2.05, 4.69) is 22.2 Å². The van der Waals surface area contributed by atoms with Crippen LogP contribution in [0.1, 0.15) is 22.3 Å². The van der Waals surface area contributed by atoms with Crippen LogP contribution in [0, 0.1) is 12.3 Å². The number of fused-ring (bicyclic) bond motifs is 1. The Kier molecular flexibility index (Phi) is 6.33. The molecular formula is C25H27N3O4. The highest BCUT2D eigenvalue weighted by Gasteiger charge is 2.29. The van der Waals surface area contributed by atoms with Crippen LogP contribution in [0.5, 0.6) is 11.5 Å². The summed E-state index contributed by atoms with van der Waals surface area (Å²) >= 11 is 0. The van der Waals surface area contributed by atoms with Crippen molar-refractivity contribution >= 4 is 23.1 Å². The maximum absolute atomic E-state index is 13.2. The molecule has 32 heavy (non-hydrogen) atoms. The zero-order valence-corrected chi connectivity index (χ0v) is 18.4. The van der Waals surface area contributed by atoms with Crippen molar-refractivity contribution in [1.29, 1.82) is 0 Å². The molecule has 166 valence electrons. The normalized spacial score (nSPS) is 18.0. The SMILES string of the molecule is C#CCN1C(=O)CCc2cc(N3CCNC(C(=O)c4ccc(OC)c(OC)c4)C3)ccc21. The van der Waals surface area contributed by atoms with Gasteiger partial charge in [-0.1, -0.05) is 5.92 Å². The molecule has 0 aromatic heterocycles. The minimum atomic E-state index is -0.336. The molecule has 0 spiro atoms. The first-order valence-electron chi connectivity index (χ1n) is 10.7. The Morgan fingerprint density at radius 3 is 2.72 bits per heavy atom. The van der Waals surface area contributed by atoms with Crippen molar-refractivity contribution < 1.29 is 19.1 Å². The second kappa shape index (κ2) is 9.33. The molecule has 2 aliphatic rings. The lowest BCUT2D eigenvalue weighted by Gasteiger charge is -2.36. The van der Waals surface area contributed by atoms with E-state index in [1.807, 2.05) is 12.1 Å². The fourth-order valence-corrected chi connectivity index (χ4v) is 4.36. The van der Waals surface area contributed by atoms with E-state index in [0.717, 1.165) is 23.5 Å². The van der Waals surface area contributed by atoms with E-state index >= 15 is 0 Å². The Hall–Kier alpha value is -3.50. The van der Waals surface area contributed by atoms with Gasteiger partial charge in [-0.15, -0.1) is 6.42 Å². The summed E-state index contributed by atoms with van der Waals surface area (Å²) < 4.78 is 10.6. The average Bonchev–Trinajstić information content (AvgIpc) is 2.84. The number of nitrogens with zero attached hydrogens (tertiary/aromatic N) is 2. The van der Waals surface area contributed by atoms with Gasteiger partial charge in [-0.2, -0.15) is 0 Å². The van der Waals surface area contributed by atoms with Crippen molar-refractivity contribution in [2.45, 2.75) is 18.9 Å². The highest BCUT2D eigenvalue weighted by Crippen LogP contribution is 2.32. The molecule has 2 heterocycles. The number of terminal acetylenes is 1. The van der Waals surface area contributed by atoms with E-state index < -0.39 is 0 Å². The van der Waals surface area contributed by atoms with Crippen LogP contribution in [0.2, 0.25) is 0 Å². The minimum absolute atomic E-state index is 0.0133. The van der Waals surface area contributed by atoms with Gasteiger partial charge in [-0.25, -0.2) is 0 Å². The second-order valence-corrected chi connectivity index (χ2v) is 7.88. The predicted octanol–water partition coefficient (Wildman–Crippen LogP) is 2.28. The number of hydrogen-bond donors (Lipinski definition) is 1. The highest BCUT2D eigenvalue weighted by molar-refractivity contribution is 6.01. The number of carbonyl (C=O) groups excluding carboxylic acids is 2. The van der Waals surface area contributed by atoms with Crippen LogP contribution < -0.4 is 24.6 Å². The van der Waals surface area contributed by atoms with Crippen LogP contribution in [0.25, 0.3) is 0 Å². The maximum Gasteiger partial charge on any atom is 0.228 e. The summed E-state index contributed by atoms with van der Waals surface area (Å²) in [7, 11) is 3.13. The van der Waals surface area contributed by atoms with Crippen molar-refractivity contribution in [3.05, 3.63) is 47.5 Å². The number of hydrogen-bond acceptors (Lipinski definition) is 6. The summed E-state index contributed by atoms with van der Waals surface area (Å²) in [5, 5.41) is 3.34. The van der Waals surface area contributed by atoms with Crippen LogP contribution in [-0.4, -0.2) is 58.1 Å². The number of nitrogens with one attached hydrogen (secondary N) is 1. The quantitative estimate of drug-likeness (QED) is 0.557. The molecular weight excluding hydrogens is 406 g/mol. The van der Waals surface area contributed by atoms with Gasteiger partial charge >= 0.3 is 0 Å². The molecule has 4 rings (SSSR count). The van der Waals surface area contributed by atoms with Gasteiger partial charge in [-0.05, 0) is 48.4 Å². The Morgan fingerprint density at radius 2 is 1.97 bits per heavy atom. The number of aryl methyl sites for hydroxylation is 1. The summed E-state index contributed by atoms with van der Waals surface area (Å²) in [6.45, 7) is 2.32. The number of anilines is 2. The van der Waals surface area contributed by atoms with E-state index in [9.17, 15) is 9.59 Å². The smallest absolute Gasteiger partial charge is 0.228 e. The lowest BCUT2D eigenvalue weighted by atomic mass is 9.98. The third-order valence-electron chi connectivity index (χ3n) is 6.04. The lowest BCUT2D eigenvalue weighted by molar-refractivity contribution is -0.118. The zero-order chi connectivity index (χ0) is 22.7. The number of benzene rings is 2. The third kappa shape index (κ3) is 4.14. The number of carbonyl (C=O) groups is 2. The number of ether oxygens (including phenoxy) is 2. The van der Waals surface area contributed by atoms with Gasteiger partial charge < -0.3 is 24.6 Å². The molecule has 7 heteroatoms. The first kappa shape index (κ1) is 21.7. The first-order valence-corrected chi connectivity index (χ1v) is 10.7. The van der Waals surface area contributed by atoms with Crippen molar-refractivity contribution in [2.24, 2.45) is 0 Å². The molecule has 0 radical (unpaired) electrons. The van der Waals surface area contributed by atoms with Crippen LogP contribution >= 0.6 is 0 Å². The topological polar surface area (TPSA) is 71.1 Å². The lowest BCUT2D eigenvalue weighted by Crippen LogP contribution is -2.54. The van der Waals surface area contributed by atoms with Crippen LogP contribution in [0.15, 0.2) is 36.4 Å². The number of ketones is 1. The third-order valence-corrected chi connectivity index (χ3v) is 6.04. The molecule has 1 unspecified atom stereocenters. The molecule has 1 fully saturated rings. The van der Waals surface area contributed by atoms with Gasteiger partial charge in [-0.3, -0.25) is 9.59 Å². The Morgan fingerprint density at radius 1 is 1.16 bits per heavy atom. The van der Waals surface area contributed by atoms with E-state index in [1.165, 1.54) is 0 Å². The van der Waals surface area contributed by atoms with E-state index in [1.54, 1.807) is 37.3 Å². The monoisotopic (exact) mass is 433 g/mol. The van der Waals surface area contributed by atoms with E-state index in [-0.39, 0.29) is 24.3 Å². The van der Waals surface area contributed by atoms with Crippen LogP contribution in [0.3, 0.4) is 0 Å². The predicted molar refractivity (Wildman–Crippen MR) is 124 cm³/mol. The molecule has 0 saturated carbocycles. The highest BCUT2D eigenvalue weighted by atomic mass is 16.5. The van der Waals surface area contributed by atoms with Crippen LogP contribution in [0.4, 0.5) is 11.4 Å².